The molecule has 1 saturated carbocycles. The van der Waals surface area contributed by atoms with Crippen molar-refractivity contribution in [2.24, 2.45) is 0 Å². The molecule has 128 valence electrons. The van der Waals surface area contributed by atoms with E-state index in [2.05, 4.69) is 5.32 Å². The number of hydrogen-bond donors (Lipinski definition) is 1. The van der Waals surface area contributed by atoms with Crippen LogP contribution in [0.25, 0.3) is 0 Å². The fraction of sp³-hybridized carbons (Fsp3) is 0.529. The van der Waals surface area contributed by atoms with Crippen LogP contribution in [0.5, 0.6) is 0 Å². The maximum absolute atomic E-state index is 12.2. The Balaban J connectivity index is 2.20. The van der Waals surface area contributed by atoms with Crippen LogP contribution in [-0.4, -0.2) is 41.4 Å². The van der Waals surface area contributed by atoms with Gasteiger partial charge in [-0.3, -0.25) is 14.4 Å². The number of aromatic nitrogens is 1. The summed E-state index contributed by atoms with van der Waals surface area (Å²) >= 11 is 0. The smallest absolute Gasteiger partial charge is 0.268 e. The molecule has 1 fully saturated rings. The molecule has 0 unspecified atom stereocenters. The largest absolute Gasteiger partial charge is 0.352 e. The molecule has 0 saturated heterocycles. The number of rotatable bonds is 4. The van der Waals surface area contributed by atoms with Gasteiger partial charge in [-0.2, -0.15) is 5.26 Å². The maximum atomic E-state index is 12.2. The molecule has 1 aliphatic carbocycles. The van der Waals surface area contributed by atoms with Crippen LogP contribution in [0.2, 0.25) is 0 Å². The molecule has 1 aromatic rings. The fourth-order valence-corrected chi connectivity index (χ4v) is 2.88. The van der Waals surface area contributed by atoms with Crippen LogP contribution in [0.4, 0.5) is 0 Å². The first-order valence-corrected chi connectivity index (χ1v) is 8.08. The molecule has 24 heavy (non-hydrogen) atoms. The standard InChI is InChI=1S/C17H22N4O3/c1-20(2)16(23)13-8-12(9-18)17(24)21(10-13)11-15(22)19-14-6-4-3-5-7-14/h8,10,14H,3-7,11H2,1-2H3,(H,19,22). The molecule has 0 atom stereocenters. The third-order valence-electron chi connectivity index (χ3n) is 4.14. The molecule has 1 heterocycles. The van der Waals surface area contributed by atoms with E-state index in [-0.39, 0.29) is 35.5 Å². The topological polar surface area (TPSA) is 95.2 Å². The molecule has 0 bridgehead atoms. The number of carbonyl (C=O) groups excluding carboxylic acids is 2. The zero-order chi connectivity index (χ0) is 17.7. The predicted molar refractivity (Wildman–Crippen MR) is 88.5 cm³/mol. The average Bonchev–Trinajstić information content (AvgIpc) is 2.56. The fourth-order valence-electron chi connectivity index (χ4n) is 2.88. The molecule has 0 spiro atoms. The number of nitrogens with one attached hydrogen (secondary N) is 1. The third-order valence-corrected chi connectivity index (χ3v) is 4.14. The van der Waals surface area contributed by atoms with Gasteiger partial charge < -0.3 is 14.8 Å². The van der Waals surface area contributed by atoms with Crippen molar-refractivity contribution in [3.8, 4) is 6.07 Å². The van der Waals surface area contributed by atoms with E-state index in [4.69, 9.17) is 5.26 Å². The lowest BCUT2D eigenvalue weighted by Gasteiger charge is -2.23. The minimum absolute atomic E-state index is 0.143. The second kappa shape index (κ2) is 7.77. The first-order chi connectivity index (χ1) is 11.4. The zero-order valence-corrected chi connectivity index (χ0v) is 14.0. The van der Waals surface area contributed by atoms with E-state index in [0.717, 1.165) is 30.3 Å². The lowest BCUT2D eigenvalue weighted by molar-refractivity contribution is -0.122. The molecule has 0 radical (unpaired) electrons. The van der Waals surface area contributed by atoms with E-state index < -0.39 is 5.56 Å². The first-order valence-electron chi connectivity index (χ1n) is 8.08. The number of hydrogen-bond acceptors (Lipinski definition) is 4. The molecule has 1 aliphatic rings. The Bertz CT molecular complexity index is 724. The van der Waals surface area contributed by atoms with Crippen LogP contribution in [0.1, 0.15) is 48.0 Å². The van der Waals surface area contributed by atoms with Crippen LogP contribution < -0.4 is 10.9 Å². The van der Waals surface area contributed by atoms with E-state index >= 15 is 0 Å². The van der Waals surface area contributed by atoms with Crippen molar-refractivity contribution in [2.75, 3.05) is 14.1 Å². The molecule has 2 amide bonds. The molecule has 1 N–H and O–H groups in total. The Morgan fingerprint density at radius 2 is 2.00 bits per heavy atom. The quantitative estimate of drug-likeness (QED) is 0.886. The summed E-state index contributed by atoms with van der Waals surface area (Å²) in [7, 11) is 3.17. The van der Waals surface area contributed by atoms with Gasteiger partial charge in [0.15, 0.2) is 0 Å². The SMILES string of the molecule is CN(C)C(=O)c1cc(C#N)c(=O)n(CC(=O)NC2CCCCC2)c1. The number of nitrogens with zero attached hydrogens (tertiary/aromatic N) is 3. The van der Waals surface area contributed by atoms with Crippen LogP contribution in [0, 0.1) is 11.3 Å². The van der Waals surface area contributed by atoms with Crippen molar-refractivity contribution in [3.05, 3.63) is 33.7 Å². The second-order valence-electron chi connectivity index (χ2n) is 6.29. The van der Waals surface area contributed by atoms with Crippen molar-refractivity contribution < 1.29 is 9.59 Å². The molecular weight excluding hydrogens is 308 g/mol. The van der Waals surface area contributed by atoms with Gasteiger partial charge in [0.25, 0.3) is 11.5 Å². The van der Waals surface area contributed by atoms with Gasteiger partial charge in [-0.15, -0.1) is 0 Å². The lowest BCUT2D eigenvalue weighted by Crippen LogP contribution is -2.40. The van der Waals surface area contributed by atoms with Crippen molar-refractivity contribution in [1.82, 2.24) is 14.8 Å². The van der Waals surface area contributed by atoms with E-state index in [0.29, 0.717) is 0 Å². The van der Waals surface area contributed by atoms with Gasteiger partial charge in [0.1, 0.15) is 18.2 Å². The Morgan fingerprint density at radius 1 is 1.33 bits per heavy atom. The highest BCUT2D eigenvalue weighted by Crippen LogP contribution is 2.17. The Hall–Kier alpha value is -2.62. The Labute approximate surface area is 140 Å². The lowest BCUT2D eigenvalue weighted by atomic mass is 9.95. The summed E-state index contributed by atoms with van der Waals surface area (Å²) in [6.45, 7) is -0.196. The summed E-state index contributed by atoms with van der Waals surface area (Å²) in [5.74, 6) is -0.602. The van der Waals surface area contributed by atoms with Gasteiger partial charge in [0.2, 0.25) is 5.91 Å². The van der Waals surface area contributed by atoms with Crippen LogP contribution >= 0.6 is 0 Å². The Morgan fingerprint density at radius 3 is 2.58 bits per heavy atom. The van der Waals surface area contributed by atoms with Crippen molar-refractivity contribution >= 4 is 11.8 Å². The van der Waals surface area contributed by atoms with Crippen molar-refractivity contribution in [1.29, 1.82) is 5.26 Å². The van der Waals surface area contributed by atoms with Crippen LogP contribution in [0.15, 0.2) is 17.1 Å². The van der Waals surface area contributed by atoms with E-state index in [9.17, 15) is 14.4 Å². The summed E-state index contributed by atoms with van der Waals surface area (Å²) in [5.41, 5.74) is -0.499. The predicted octanol–water partition coefficient (Wildman–Crippen LogP) is 0.871. The highest BCUT2D eigenvalue weighted by molar-refractivity contribution is 5.94. The summed E-state index contributed by atoms with van der Waals surface area (Å²) in [4.78, 5) is 37.8. The maximum Gasteiger partial charge on any atom is 0.268 e. The van der Waals surface area contributed by atoms with E-state index in [1.165, 1.54) is 23.6 Å². The average molecular weight is 330 g/mol. The van der Waals surface area contributed by atoms with Crippen molar-refractivity contribution in [3.63, 3.8) is 0 Å². The normalized spacial score (nSPS) is 14.7. The molecule has 7 nitrogen and oxygen atoms in total. The third kappa shape index (κ3) is 4.22. The number of carbonyl (C=O) groups is 2. The van der Waals surface area contributed by atoms with Crippen molar-refractivity contribution in [2.45, 2.75) is 44.7 Å². The van der Waals surface area contributed by atoms with Gasteiger partial charge in [-0.1, -0.05) is 19.3 Å². The molecule has 0 aliphatic heterocycles. The molecule has 2 rings (SSSR count). The summed E-state index contributed by atoms with van der Waals surface area (Å²) < 4.78 is 1.13. The highest BCUT2D eigenvalue weighted by atomic mass is 16.2. The van der Waals surface area contributed by atoms with Crippen LogP contribution in [-0.2, 0) is 11.3 Å². The van der Waals surface area contributed by atoms with Gasteiger partial charge in [-0.05, 0) is 18.9 Å². The second-order valence-corrected chi connectivity index (χ2v) is 6.29. The van der Waals surface area contributed by atoms with E-state index in [1.807, 2.05) is 0 Å². The molecule has 7 heteroatoms. The Kier molecular flexibility index (Phi) is 5.74. The minimum atomic E-state index is -0.563. The minimum Gasteiger partial charge on any atom is -0.352 e. The number of nitriles is 1. The first kappa shape index (κ1) is 17.7. The molecular formula is C17H22N4O3. The highest BCUT2D eigenvalue weighted by Gasteiger charge is 2.18. The summed E-state index contributed by atoms with van der Waals surface area (Å²) in [6.07, 6.45) is 6.61. The molecule has 0 aromatic carbocycles. The monoisotopic (exact) mass is 330 g/mol. The van der Waals surface area contributed by atoms with Gasteiger partial charge in [0.05, 0.1) is 5.56 Å². The van der Waals surface area contributed by atoms with Gasteiger partial charge in [-0.25, -0.2) is 0 Å². The van der Waals surface area contributed by atoms with Gasteiger partial charge >= 0.3 is 0 Å². The summed E-state index contributed by atoms with van der Waals surface area (Å²) in [5, 5.41) is 12.0. The number of pyridine rings is 1. The van der Waals surface area contributed by atoms with Crippen LogP contribution in [0.3, 0.4) is 0 Å². The number of amides is 2. The van der Waals surface area contributed by atoms with E-state index in [1.54, 1.807) is 20.2 Å². The molecule has 1 aromatic heterocycles. The van der Waals surface area contributed by atoms with Gasteiger partial charge in [0, 0.05) is 26.3 Å². The summed E-state index contributed by atoms with van der Waals surface area (Å²) in [6, 6.07) is 3.20. The zero-order valence-electron chi connectivity index (χ0n) is 14.0.